The molecule has 0 saturated carbocycles. The summed E-state index contributed by atoms with van der Waals surface area (Å²) in [6.07, 6.45) is 3.11. The molecular formula is C16H14FN3O2. The molecule has 6 heteroatoms. The van der Waals surface area contributed by atoms with Crippen molar-refractivity contribution in [2.75, 3.05) is 0 Å². The number of imide groups is 1. The van der Waals surface area contributed by atoms with E-state index in [9.17, 15) is 14.0 Å². The number of benzene rings is 1. The van der Waals surface area contributed by atoms with Crippen LogP contribution >= 0.6 is 0 Å². The second-order valence-corrected chi connectivity index (χ2v) is 5.27. The molecule has 1 fully saturated rings. The maximum atomic E-state index is 13.7. The van der Waals surface area contributed by atoms with Crippen molar-refractivity contribution in [3.63, 3.8) is 0 Å². The molecule has 3 rings (SSSR count). The molecule has 1 atom stereocenters. The van der Waals surface area contributed by atoms with Crippen LogP contribution in [0.5, 0.6) is 0 Å². The number of aromatic nitrogens is 1. The van der Waals surface area contributed by atoms with Crippen molar-refractivity contribution in [1.29, 1.82) is 0 Å². The van der Waals surface area contributed by atoms with E-state index in [-0.39, 0.29) is 6.54 Å². The van der Waals surface area contributed by atoms with E-state index in [2.05, 4.69) is 10.3 Å². The van der Waals surface area contributed by atoms with Gasteiger partial charge in [0.1, 0.15) is 11.4 Å². The Kier molecular flexibility index (Phi) is 3.36. The standard InChI is InChI=1S/C16H14FN3O2/c1-16(12-6-8-18-9-7-12)14(21)20(15(22)19-16)10-11-4-2-3-5-13(11)17/h2-9H,10H2,1H3,(H,19,22)/t16-/m0/s1. The number of pyridine rings is 1. The van der Waals surface area contributed by atoms with E-state index in [0.29, 0.717) is 11.1 Å². The number of hydrogen-bond acceptors (Lipinski definition) is 3. The Morgan fingerprint density at radius 2 is 1.86 bits per heavy atom. The minimum Gasteiger partial charge on any atom is -0.319 e. The number of carbonyl (C=O) groups is 2. The van der Waals surface area contributed by atoms with E-state index in [1.54, 1.807) is 49.6 Å². The molecule has 0 aliphatic carbocycles. The predicted molar refractivity (Wildman–Crippen MR) is 77.1 cm³/mol. The van der Waals surface area contributed by atoms with Gasteiger partial charge in [-0.25, -0.2) is 9.18 Å². The number of amides is 3. The molecule has 1 aromatic carbocycles. The van der Waals surface area contributed by atoms with Crippen molar-refractivity contribution in [2.24, 2.45) is 0 Å². The van der Waals surface area contributed by atoms with E-state index < -0.39 is 23.3 Å². The van der Waals surface area contributed by atoms with Gasteiger partial charge in [0.2, 0.25) is 0 Å². The minimum absolute atomic E-state index is 0.0992. The van der Waals surface area contributed by atoms with Gasteiger partial charge in [-0.05, 0) is 30.7 Å². The topological polar surface area (TPSA) is 62.3 Å². The molecule has 0 spiro atoms. The van der Waals surface area contributed by atoms with Crippen molar-refractivity contribution in [3.8, 4) is 0 Å². The van der Waals surface area contributed by atoms with E-state index in [1.807, 2.05) is 0 Å². The van der Waals surface area contributed by atoms with Gasteiger partial charge in [0, 0.05) is 18.0 Å². The molecular weight excluding hydrogens is 285 g/mol. The smallest absolute Gasteiger partial charge is 0.319 e. The summed E-state index contributed by atoms with van der Waals surface area (Å²) in [5.41, 5.74) is -0.229. The molecule has 5 nitrogen and oxygen atoms in total. The Morgan fingerprint density at radius 1 is 1.18 bits per heavy atom. The van der Waals surface area contributed by atoms with Crippen molar-refractivity contribution >= 4 is 11.9 Å². The zero-order valence-electron chi connectivity index (χ0n) is 11.9. The molecule has 112 valence electrons. The zero-order chi connectivity index (χ0) is 15.7. The molecule has 1 aliphatic rings. The van der Waals surface area contributed by atoms with Gasteiger partial charge in [-0.1, -0.05) is 18.2 Å². The Bertz CT molecular complexity index is 735. The fraction of sp³-hybridized carbons (Fsp3) is 0.188. The van der Waals surface area contributed by atoms with Gasteiger partial charge in [0.15, 0.2) is 0 Å². The lowest BCUT2D eigenvalue weighted by molar-refractivity contribution is -0.131. The lowest BCUT2D eigenvalue weighted by Crippen LogP contribution is -2.40. The Morgan fingerprint density at radius 3 is 2.55 bits per heavy atom. The molecule has 1 N–H and O–H groups in total. The molecule has 1 aromatic heterocycles. The maximum absolute atomic E-state index is 13.7. The fourth-order valence-electron chi connectivity index (χ4n) is 2.52. The van der Waals surface area contributed by atoms with Gasteiger partial charge in [-0.15, -0.1) is 0 Å². The SMILES string of the molecule is C[C@@]1(c2ccncc2)NC(=O)N(Cc2ccccc2F)C1=O. The van der Waals surface area contributed by atoms with Gasteiger partial charge in [-0.2, -0.15) is 0 Å². The Balaban J connectivity index is 1.91. The highest BCUT2D eigenvalue weighted by Gasteiger charge is 2.48. The first-order valence-electron chi connectivity index (χ1n) is 6.80. The number of rotatable bonds is 3. The monoisotopic (exact) mass is 299 g/mol. The molecule has 0 unspecified atom stereocenters. The second-order valence-electron chi connectivity index (χ2n) is 5.27. The predicted octanol–water partition coefficient (Wildman–Crippen LogP) is 2.19. The van der Waals surface area contributed by atoms with Gasteiger partial charge >= 0.3 is 6.03 Å². The summed E-state index contributed by atoms with van der Waals surface area (Å²) >= 11 is 0. The van der Waals surface area contributed by atoms with Gasteiger partial charge in [0.25, 0.3) is 5.91 Å². The Hall–Kier alpha value is -2.76. The number of urea groups is 1. The van der Waals surface area contributed by atoms with Crippen molar-refractivity contribution < 1.29 is 14.0 Å². The molecule has 1 saturated heterocycles. The normalized spacial score (nSPS) is 21.1. The highest BCUT2D eigenvalue weighted by molar-refractivity contribution is 6.07. The van der Waals surface area contributed by atoms with Crippen LogP contribution in [0.4, 0.5) is 9.18 Å². The average Bonchev–Trinajstić information content (AvgIpc) is 2.75. The Labute approximate surface area is 126 Å². The third kappa shape index (κ3) is 2.22. The van der Waals surface area contributed by atoms with Crippen molar-refractivity contribution in [3.05, 3.63) is 65.7 Å². The molecule has 0 bridgehead atoms. The lowest BCUT2D eigenvalue weighted by atomic mass is 9.93. The summed E-state index contributed by atoms with van der Waals surface area (Å²) in [6, 6.07) is 8.89. The van der Waals surface area contributed by atoms with E-state index >= 15 is 0 Å². The maximum Gasteiger partial charge on any atom is 0.325 e. The first-order valence-corrected chi connectivity index (χ1v) is 6.80. The third-order valence-corrected chi connectivity index (χ3v) is 3.82. The van der Waals surface area contributed by atoms with Crippen LogP contribution < -0.4 is 5.32 Å². The summed E-state index contributed by atoms with van der Waals surface area (Å²) in [7, 11) is 0. The van der Waals surface area contributed by atoms with Crippen molar-refractivity contribution in [1.82, 2.24) is 15.2 Å². The van der Waals surface area contributed by atoms with Gasteiger partial charge in [0.05, 0.1) is 6.54 Å². The van der Waals surface area contributed by atoms with Crippen LogP contribution in [0.2, 0.25) is 0 Å². The highest BCUT2D eigenvalue weighted by Crippen LogP contribution is 2.29. The van der Waals surface area contributed by atoms with Crippen LogP contribution in [0.3, 0.4) is 0 Å². The van der Waals surface area contributed by atoms with E-state index in [0.717, 1.165) is 4.90 Å². The summed E-state index contributed by atoms with van der Waals surface area (Å²) < 4.78 is 13.7. The lowest BCUT2D eigenvalue weighted by Gasteiger charge is -2.22. The summed E-state index contributed by atoms with van der Waals surface area (Å²) in [6.45, 7) is 1.53. The van der Waals surface area contributed by atoms with Crippen LogP contribution in [-0.2, 0) is 16.9 Å². The second kappa shape index (κ2) is 5.22. The highest BCUT2D eigenvalue weighted by atomic mass is 19.1. The molecule has 0 radical (unpaired) electrons. The first kappa shape index (κ1) is 14.2. The number of carbonyl (C=O) groups excluding carboxylic acids is 2. The fourth-order valence-corrected chi connectivity index (χ4v) is 2.52. The largest absolute Gasteiger partial charge is 0.325 e. The van der Waals surface area contributed by atoms with E-state index in [4.69, 9.17) is 0 Å². The minimum atomic E-state index is -1.16. The van der Waals surface area contributed by atoms with Crippen molar-refractivity contribution in [2.45, 2.75) is 19.0 Å². The third-order valence-electron chi connectivity index (χ3n) is 3.82. The number of hydrogen-bond donors (Lipinski definition) is 1. The summed E-state index contributed by atoms with van der Waals surface area (Å²) in [5.74, 6) is -0.854. The van der Waals surface area contributed by atoms with E-state index in [1.165, 1.54) is 6.07 Å². The van der Waals surface area contributed by atoms with Crippen LogP contribution in [-0.4, -0.2) is 21.8 Å². The van der Waals surface area contributed by atoms with Gasteiger partial charge in [-0.3, -0.25) is 14.7 Å². The zero-order valence-corrected chi connectivity index (χ0v) is 11.9. The molecule has 1 aliphatic heterocycles. The van der Waals surface area contributed by atoms with Gasteiger partial charge < -0.3 is 5.32 Å². The molecule has 2 heterocycles. The van der Waals surface area contributed by atoms with Crippen LogP contribution in [0.1, 0.15) is 18.1 Å². The van der Waals surface area contributed by atoms with Crippen LogP contribution in [0.25, 0.3) is 0 Å². The summed E-state index contributed by atoms with van der Waals surface area (Å²) in [5, 5.41) is 2.67. The van der Waals surface area contributed by atoms with Crippen LogP contribution in [0.15, 0.2) is 48.8 Å². The molecule has 3 amide bonds. The first-order chi connectivity index (χ1) is 10.5. The molecule has 2 aromatic rings. The number of nitrogens with one attached hydrogen (secondary N) is 1. The quantitative estimate of drug-likeness (QED) is 0.884. The number of halogens is 1. The molecule has 22 heavy (non-hydrogen) atoms. The van der Waals surface area contributed by atoms with Crippen LogP contribution in [0, 0.1) is 5.82 Å². The average molecular weight is 299 g/mol. The number of nitrogens with zero attached hydrogens (tertiary/aromatic N) is 2. The summed E-state index contributed by atoms with van der Waals surface area (Å²) in [4.78, 5) is 29.7.